The van der Waals surface area contributed by atoms with E-state index < -0.39 is 0 Å². The SMILES string of the molecule is CCCn1c(=O)n(CC(=O)OCC)c2ccccc21. The number of aromatic nitrogens is 2. The number of nitrogens with zero attached hydrogens (tertiary/aromatic N) is 2. The van der Waals surface area contributed by atoms with E-state index in [0.29, 0.717) is 13.2 Å². The van der Waals surface area contributed by atoms with Crippen molar-refractivity contribution in [2.45, 2.75) is 33.4 Å². The summed E-state index contributed by atoms with van der Waals surface area (Å²) in [7, 11) is 0. The van der Waals surface area contributed by atoms with Crippen LogP contribution in [0, 0.1) is 0 Å². The lowest BCUT2D eigenvalue weighted by atomic mass is 10.3. The van der Waals surface area contributed by atoms with Gasteiger partial charge in [0.1, 0.15) is 6.54 Å². The van der Waals surface area contributed by atoms with Crippen LogP contribution in [-0.2, 0) is 22.6 Å². The number of ether oxygens (including phenoxy) is 1. The largest absolute Gasteiger partial charge is 0.465 e. The summed E-state index contributed by atoms with van der Waals surface area (Å²) in [4.78, 5) is 23.9. The molecule has 2 aromatic rings. The van der Waals surface area contributed by atoms with Crippen LogP contribution in [0.4, 0.5) is 0 Å². The van der Waals surface area contributed by atoms with Gasteiger partial charge >= 0.3 is 11.7 Å². The molecule has 0 saturated carbocycles. The maximum atomic E-state index is 12.3. The van der Waals surface area contributed by atoms with Crippen LogP contribution in [-0.4, -0.2) is 21.7 Å². The summed E-state index contributed by atoms with van der Waals surface area (Å²) in [5, 5.41) is 0. The second-order valence-electron chi connectivity index (χ2n) is 4.31. The molecule has 0 aliphatic carbocycles. The molecule has 0 bridgehead atoms. The first kappa shape index (κ1) is 13.4. The topological polar surface area (TPSA) is 53.2 Å². The van der Waals surface area contributed by atoms with E-state index in [0.717, 1.165) is 17.5 Å². The number of rotatable bonds is 5. The Kier molecular flexibility index (Phi) is 4.04. The molecule has 1 aromatic carbocycles. The molecule has 0 fully saturated rings. The van der Waals surface area contributed by atoms with Crippen molar-refractivity contribution in [1.82, 2.24) is 9.13 Å². The van der Waals surface area contributed by atoms with Gasteiger partial charge in [0.05, 0.1) is 17.6 Å². The Labute approximate surface area is 111 Å². The van der Waals surface area contributed by atoms with Gasteiger partial charge in [0.15, 0.2) is 0 Å². The Morgan fingerprint density at radius 3 is 2.37 bits per heavy atom. The van der Waals surface area contributed by atoms with Gasteiger partial charge in [-0.2, -0.15) is 0 Å². The number of hydrogen-bond donors (Lipinski definition) is 0. The van der Waals surface area contributed by atoms with Gasteiger partial charge in [0.25, 0.3) is 0 Å². The summed E-state index contributed by atoms with van der Waals surface area (Å²) in [6.45, 7) is 4.70. The summed E-state index contributed by atoms with van der Waals surface area (Å²) in [5.41, 5.74) is 1.48. The third-order valence-corrected chi connectivity index (χ3v) is 2.96. The lowest BCUT2D eigenvalue weighted by Crippen LogP contribution is -2.27. The quantitative estimate of drug-likeness (QED) is 0.772. The van der Waals surface area contributed by atoms with Crippen LogP contribution in [0.15, 0.2) is 29.1 Å². The number of fused-ring (bicyclic) bond motifs is 1. The highest BCUT2D eigenvalue weighted by molar-refractivity contribution is 5.78. The Morgan fingerprint density at radius 2 is 1.79 bits per heavy atom. The van der Waals surface area contributed by atoms with Crippen LogP contribution in [0.5, 0.6) is 0 Å². The molecule has 19 heavy (non-hydrogen) atoms. The summed E-state index contributed by atoms with van der Waals surface area (Å²) >= 11 is 0. The zero-order chi connectivity index (χ0) is 13.8. The maximum Gasteiger partial charge on any atom is 0.329 e. The summed E-state index contributed by atoms with van der Waals surface area (Å²) < 4.78 is 8.09. The number of imidazole rings is 1. The number of carbonyl (C=O) groups excluding carboxylic acids is 1. The number of benzene rings is 1. The lowest BCUT2D eigenvalue weighted by molar-refractivity contribution is -0.143. The van der Waals surface area contributed by atoms with Crippen LogP contribution in [0.1, 0.15) is 20.3 Å². The molecule has 0 unspecified atom stereocenters. The molecule has 0 aliphatic rings. The van der Waals surface area contributed by atoms with E-state index in [1.165, 1.54) is 4.57 Å². The van der Waals surface area contributed by atoms with E-state index >= 15 is 0 Å². The molecule has 0 aliphatic heterocycles. The number of esters is 1. The van der Waals surface area contributed by atoms with Gasteiger partial charge in [-0.3, -0.25) is 13.9 Å². The Morgan fingerprint density at radius 1 is 1.16 bits per heavy atom. The van der Waals surface area contributed by atoms with E-state index in [2.05, 4.69) is 0 Å². The first-order chi connectivity index (χ1) is 9.19. The molecule has 0 atom stereocenters. The lowest BCUT2D eigenvalue weighted by Gasteiger charge is -2.02. The van der Waals surface area contributed by atoms with Crippen molar-refractivity contribution >= 4 is 17.0 Å². The second-order valence-corrected chi connectivity index (χ2v) is 4.31. The van der Waals surface area contributed by atoms with Gasteiger partial charge < -0.3 is 4.74 Å². The molecule has 5 nitrogen and oxygen atoms in total. The van der Waals surface area contributed by atoms with Crippen LogP contribution in [0.3, 0.4) is 0 Å². The van der Waals surface area contributed by atoms with Gasteiger partial charge in [-0.15, -0.1) is 0 Å². The van der Waals surface area contributed by atoms with E-state index in [-0.39, 0.29) is 18.2 Å². The Bertz CT molecular complexity index is 640. The minimum Gasteiger partial charge on any atom is -0.465 e. The molecule has 5 heteroatoms. The van der Waals surface area contributed by atoms with Crippen LogP contribution < -0.4 is 5.69 Å². The van der Waals surface area contributed by atoms with Crippen molar-refractivity contribution in [2.75, 3.05) is 6.61 Å². The molecule has 0 spiro atoms. The van der Waals surface area contributed by atoms with Crippen molar-refractivity contribution < 1.29 is 9.53 Å². The summed E-state index contributed by atoms with van der Waals surface area (Å²) in [6.07, 6.45) is 0.868. The van der Waals surface area contributed by atoms with E-state index in [1.807, 2.05) is 31.2 Å². The average Bonchev–Trinajstić information content (AvgIpc) is 2.66. The van der Waals surface area contributed by atoms with Crippen LogP contribution in [0.2, 0.25) is 0 Å². The zero-order valence-electron chi connectivity index (χ0n) is 11.3. The third kappa shape index (κ3) is 2.54. The van der Waals surface area contributed by atoms with Gasteiger partial charge in [0, 0.05) is 6.54 Å². The predicted octanol–water partition coefficient (Wildman–Crippen LogP) is 1.78. The van der Waals surface area contributed by atoms with E-state index in [4.69, 9.17) is 4.74 Å². The molecule has 0 radical (unpaired) electrons. The average molecular weight is 262 g/mol. The minimum atomic E-state index is -0.385. The first-order valence-corrected chi connectivity index (χ1v) is 6.52. The fourth-order valence-electron chi connectivity index (χ4n) is 2.20. The second kappa shape index (κ2) is 5.73. The highest BCUT2D eigenvalue weighted by Crippen LogP contribution is 2.13. The number of para-hydroxylation sites is 2. The van der Waals surface area contributed by atoms with Crippen LogP contribution in [0.25, 0.3) is 11.0 Å². The third-order valence-electron chi connectivity index (χ3n) is 2.96. The fraction of sp³-hybridized carbons (Fsp3) is 0.429. The highest BCUT2D eigenvalue weighted by Gasteiger charge is 2.14. The van der Waals surface area contributed by atoms with Crippen molar-refractivity contribution in [2.24, 2.45) is 0 Å². The molecule has 102 valence electrons. The van der Waals surface area contributed by atoms with E-state index in [9.17, 15) is 9.59 Å². The first-order valence-electron chi connectivity index (χ1n) is 6.52. The van der Waals surface area contributed by atoms with Gasteiger partial charge in [-0.25, -0.2) is 4.79 Å². The smallest absolute Gasteiger partial charge is 0.329 e. The highest BCUT2D eigenvalue weighted by atomic mass is 16.5. The van der Waals surface area contributed by atoms with Crippen LogP contribution >= 0.6 is 0 Å². The van der Waals surface area contributed by atoms with Gasteiger partial charge in [-0.1, -0.05) is 19.1 Å². The van der Waals surface area contributed by atoms with Crippen molar-refractivity contribution in [3.05, 3.63) is 34.7 Å². The maximum absolute atomic E-state index is 12.3. The molecule has 2 rings (SSSR count). The molecule has 0 N–H and O–H groups in total. The fourth-order valence-corrected chi connectivity index (χ4v) is 2.20. The zero-order valence-corrected chi connectivity index (χ0v) is 11.3. The number of hydrogen-bond acceptors (Lipinski definition) is 3. The Hall–Kier alpha value is -2.04. The Balaban J connectivity index is 2.51. The van der Waals surface area contributed by atoms with Gasteiger partial charge in [-0.05, 0) is 25.5 Å². The monoisotopic (exact) mass is 262 g/mol. The van der Waals surface area contributed by atoms with Gasteiger partial charge in [0.2, 0.25) is 0 Å². The van der Waals surface area contributed by atoms with E-state index in [1.54, 1.807) is 11.5 Å². The predicted molar refractivity (Wildman–Crippen MR) is 73.1 cm³/mol. The van der Waals surface area contributed by atoms with Crippen molar-refractivity contribution in [3.63, 3.8) is 0 Å². The normalized spacial score (nSPS) is 10.8. The number of aryl methyl sites for hydroxylation is 1. The van der Waals surface area contributed by atoms with Crippen molar-refractivity contribution in [1.29, 1.82) is 0 Å². The molecular weight excluding hydrogens is 244 g/mol. The molecule has 1 aromatic heterocycles. The summed E-state index contributed by atoms with van der Waals surface area (Å²) in [5.74, 6) is -0.385. The molecule has 1 heterocycles. The molecule has 0 saturated heterocycles. The molecule has 0 amide bonds. The standard InChI is InChI=1S/C14H18N2O3/c1-3-9-15-11-7-5-6-8-12(11)16(14(15)18)10-13(17)19-4-2/h5-8H,3-4,9-10H2,1-2H3. The minimum absolute atomic E-state index is 0.0378. The summed E-state index contributed by atoms with van der Waals surface area (Å²) in [6, 6.07) is 7.50. The number of carbonyl (C=O) groups is 1. The van der Waals surface area contributed by atoms with Crippen molar-refractivity contribution in [3.8, 4) is 0 Å². The molecular formula is C14H18N2O3.